The molecule has 1 amide bonds. The molecule has 0 bridgehead atoms. The number of guanidine groups is 1. The molecule has 0 atom stereocenters. The molecular formula is C21H26IN5O2S. The SMILES string of the molecule is CN=C(NCCc1nc(C)c(C)s1)NCc1ccc(NC(=O)c2ccco2)cc1.I. The largest absolute Gasteiger partial charge is 0.459 e. The van der Waals surface area contributed by atoms with Crippen molar-refractivity contribution in [3.8, 4) is 0 Å². The van der Waals surface area contributed by atoms with Crippen LogP contribution in [0.5, 0.6) is 0 Å². The highest BCUT2D eigenvalue weighted by molar-refractivity contribution is 14.0. The van der Waals surface area contributed by atoms with E-state index in [9.17, 15) is 4.79 Å². The number of benzene rings is 1. The minimum atomic E-state index is -0.268. The number of aliphatic imine (C=N–C) groups is 1. The fourth-order valence-corrected chi connectivity index (χ4v) is 3.58. The second-order valence-electron chi connectivity index (χ2n) is 6.48. The number of carbonyl (C=O) groups excluding carboxylic acids is 1. The Morgan fingerprint density at radius 3 is 2.53 bits per heavy atom. The maximum absolute atomic E-state index is 12.0. The molecule has 0 aliphatic heterocycles. The highest BCUT2D eigenvalue weighted by Gasteiger charge is 2.08. The summed E-state index contributed by atoms with van der Waals surface area (Å²) in [6.07, 6.45) is 2.34. The lowest BCUT2D eigenvalue weighted by atomic mass is 10.2. The molecule has 3 N–H and O–H groups in total. The topological polar surface area (TPSA) is 91.5 Å². The summed E-state index contributed by atoms with van der Waals surface area (Å²) < 4.78 is 5.09. The van der Waals surface area contributed by atoms with Gasteiger partial charge >= 0.3 is 0 Å². The third-order valence-corrected chi connectivity index (χ3v) is 5.48. The van der Waals surface area contributed by atoms with Crippen LogP contribution >= 0.6 is 35.3 Å². The van der Waals surface area contributed by atoms with E-state index < -0.39 is 0 Å². The molecule has 0 fully saturated rings. The van der Waals surface area contributed by atoms with Gasteiger partial charge in [-0.25, -0.2) is 4.98 Å². The van der Waals surface area contributed by atoms with Crippen molar-refractivity contribution >= 4 is 52.9 Å². The van der Waals surface area contributed by atoms with Gasteiger partial charge in [0.1, 0.15) is 0 Å². The van der Waals surface area contributed by atoms with Gasteiger partial charge in [-0.1, -0.05) is 12.1 Å². The number of hydrogen-bond donors (Lipinski definition) is 3. The van der Waals surface area contributed by atoms with Gasteiger partial charge in [-0.3, -0.25) is 9.79 Å². The zero-order valence-corrected chi connectivity index (χ0v) is 20.3. The lowest BCUT2D eigenvalue weighted by Crippen LogP contribution is -2.37. The van der Waals surface area contributed by atoms with E-state index in [1.807, 2.05) is 31.2 Å². The molecule has 3 rings (SSSR count). The van der Waals surface area contributed by atoms with Crippen molar-refractivity contribution in [2.75, 3.05) is 18.9 Å². The first-order chi connectivity index (χ1) is 14.0. The summed E-state index contributed by atoms with van der Waals surface area (Å²) in [6, 6.07) is 11.0. The van der Waals surface area contributed by atoms with E-state index >= 15 is 0 Å². The number of aryl methyl sites for hydroxylation is 2. The van der Waals surface area contributed by atoms with Gasteiger partial charge in [0.2, 0.25) is 0 Å². The van der Waals surface area contributed by atoms with Crippen molar-refractivity contribution in [2.24, 2.45) is 4.99 Å². The zero-order valence-electron chi connectivity index (χ0n) is 17.2. The van der Waals surface area contributed by atoms with Crippen LogP contribution in [0.1, 0.15) is 31.7 Å². The van der Waals surface area contributed by atoms with E-state index in [0.717, 1.165) is 35.2 Å². The molecule has 0 radical (unpaired) electrons. The van der Waals surface area contributed by atoms with Crippen LogP contribution in [0.3, 0.4) is 0 Å². The number of anilines is 1. The Morgan fingerprint density at radius 2 is 1.93 bits per heavy atom. The number of halogens is 1. The normalized spacial score (nSPS) is 11.0. The number of furan rings is 1. The van der Waals surface area contributed by atoms with Crippen molar-refractivity contribution in [1.82, 2.24) is 15.6 Å². The molecule has 1 aromatic carbocycles. The minimum Gasteiger partial charge on any atom is -0.459 e. The Hall–Kier alpha value is -2.40. The summed E-state index contributed by atoms with van der Waals surface area (Å²) in [4.78, 5) is 22.1. The number of nitrogens with zero attached hydrogens (tertiary/aromatic N) is 2. The van der Waals surface area contributed by atoms with E-state index in [2.05, 4.69) is 32.9 Å². The molecule has 3 aromatic rings. The predicted molar refractivity (Wildman–Crippen MR) is 132 cm³/mol. The van der Waals surface area contributed by atoms with Crippen LogP contribution in [0.4, 0.5) is 5.69 Å². The third kappa shape index (κ3) is 6.84. The monoisotopic (exact) mass is 539 g/mol. The van der Waals surface area contributed by atoms with Crippen molar-refractivity contribution in [3.63, 3.8) is 0 Å². The second kappa shape index (κ2) is 11.7. The van der Waals surface area contributed by atoms with Crippen molar-refractivity contribution in [2.45, 2.75) is 26.8 Å². The average molecular weight is 539 g/mol. The number of nitrogens with one attached hydrogen (secondary N) is 3. The van der Waals surface area contributed by atoms with Crippen molar-refractivity contribution in [1.29, 1.82) is 0 Å². The summed E-state index contributed by atoms with van der Waals surface area (Å²) in [5.74, 6) is 0.759. The summed E-state index contributed by atoms with van der Waals surface area (Å²) in [7, 11) is 1.75. The summed E-state index contributed by atoms with van der Waals surface area (Å²) in [5, 5.41) is 10.5. The van der Waals surface area contributed by atoms with Crippen LogP contribution < -0.4 is 16.0 Å². The van der Waals surface area contributed by atoms with Crippen LogP contribution in [0, 0.1) is 13.8 Å². The molecule has 160 valence electrons. The summed E-state index contributed by atoms with van der Waals surface area (Å²) in [5.41, 5.74) is 2.90. The van der Waals surface area contributed by atoms with E-state index in [1.54, 1.807) is 30.5 Å². The fraction of sp³-hybridized carbons (Fsp3) is 0.286. The molecule has 0 saturated carbocycles. The lowest BCUT2D eigenvalue weighted by molar-refractivity contribution is 0.0996. The van der Waals surface area contributed by atoms with E-state index in [1.165, 1.54) is 11.1 Å². The Kier molecular flexibility index (Phi) is 9.31. The van der Waals surface area contributed by atoms with Crippen LogP contribution in [0.2, 0.25) is 0 Å². The van der Waals surface area contributed by atoms with Gasteiger partial charge in [0.15, 0.2) is 11.7 Å². The maximum atomic E-state index is 12.0. The van der Waals surface area contributed by atoms with E-state index in [4.69, 9.17) is 4.42 Å². The third-order valence-electron chi connectivity index (χ3n) is 4.34. The highest BCUT2D eigenvalue weighted by Crippen LogP contribution is 2.16. The molecule has 2 heterocycles. The quantitative estimate of drug-likeness (QED) is 0.239. The number of aromatic nitrogens is 1. The minimum absolute atomic E-state index is 0. The fourth-order valence-electron chi connectivity index (χ4n) is 2.65. The first-order valence-corrected chi connectivity index (χ1v) is 10.2. The second-order valence-corrected chi connectivity index (χ2v) is 7.77. The Balaban J connectivity index is 0.00000320. The van der Waals surface area contributed by atoms with Crippen LogP contribution in [0.25, 0.3) is 0 Å². The first kappa shape index (κ1) is 23.9. The average Bonchev–Trinajstić information content (AvgIpc) is 3.36. The molecule has 9 heteroatoms. The van der Waals surface area contributed by atoms with Gasteiger partial charge < -0.3 is 20.4 Å². The van der Waals surface area contributed by atoms with Gasteiger partial charge in [0, 0.05) is 37.1 Å². The van der Waals surface area contributed by atoms with Crippen LogP contribution in [-0.4, -0.2) is 30.4 Å². The molecule has 0 saturated heterocycles. The van der Waals surface area contributed by atoms with Gasteiger partial charge in [0.05, 0.1) is 17.0 Å². The van der Waals surface area contributed by atoms with Gasteiger partial charge in [0.25, 0.3) is 5.91 Å². The number of carbonyl (C=O) groups is 1. The van der Waals surface area contributed by atoms with Crippen LogP contribution in [-0.2, 0) is 13.0 Å². The molecule has 30 heavy (non-hydrogen) atoms. The van der Waals surface area contributed by atoms with Gasteiger partial charge in [-0.2, -0.15) is 0 Å². The zero-order chi connectivity index (χ0) is 20.6. The lowest BCUT2D eigenvalue weighted by Gasteiger charge is -2.12. The van der Waals surface area contributed by atoms with Gasteiger partial charge in [-0.05, 0) is 43.7 Å². The maximum Gasteiger partial charge on any atom is 0.291 e. The molecule has 0 spiro atoms. The summed E-state index contributed by atoms with van der Waals surface area (Å²) in [6.45, 7) is 5.53. The number of hydrogen-bond acceptors (Lipinski definition) is 5. The van der Waals surface area contributed by atoms with E-state index in [-0.39, 0.29) is 35.6 Å². The van der Waals surface area contributed by atoms with Crippen LogP contribution in [0.15, 0.2) is 52.1 Å². The number of rotatable bonds is 7. The standard InChI is InChI=1S/C21H25N5O2S.HI/c1-14-15(2)29-19(25-14)10-11-23-21(22-3)24-13-16-6-8-17(9-7-16)26-20(27)18-5-4-12-28-18;/h4-9,12H,10-11,13H2,1-3H3,(H,26,27)(H2,22,23,24);1H. The van der Waals surface area contributed by atoms with E-state index in [0.29, 0.717) is 12.2 Å². The Morgan fingerprint density at radius 1 is 1.17 bits per heavy atom. The highest BCUT2D eigenvalue weighted by atomic mass is 127. The first-order valence-electron chi connectivity index (χ1n) is 9.36. The Labute approximate surface area is 197 Å². The number of thiazole rings is 1. The van der Waals surface area contributed by atoms with Crippen molar-refractivity contribution in [3.05, 3.63) is 69.6 Å². The molecule has 0 aliphatic rings. The predicted octanol–water partition coefficient (Wildman–Crippen LogP) is 4.13. The molecule has 0 unspecified atom stereocenters. The number of amides is 1. The molecule has 2 aromatic heterocycles. The molecular weight excluding hydrogens is 513 g/mol. The van der Waals surface area contributed by atoms with Crippen molar-refractivity contribution < 1.29 is 9.21 Å². The smallest absolute Gasteiger partial charge is 0.291 e. The molecule has 7 nitrogen and oxygen atoms in total. The summed E-state index contributed by atoms with van der Waals surface area (Å²) >= 11 is 1.74. The molecule has 0 aliphatic carbocycles. The van der Waals surface area contributed by atoms with Gasteiger partial charge in [-0.15, -0.1) is 35.3 Å². The Bertz CT molecular complexity index is 948.